The second-order valence-electron chi connectivity index (χ2n) is 6.13. The number of fused-ring (bicyclic) bond motifs is 1. The predicted octanol–water partition coefficient (Wildman–Crippen LogP) is 5.58. The Balaban J connectivity index is 1.55. The van der Waals surface area contributed by atoms with Crippen molar-refractivity contribution in [3.8, 4) is 11.5 Å². The molecule has 1 aliphatic heterocycles. The van der Waals surface area contributed by atoms with Crippen molar-refractivity contribution in [3.63, 3.8) is 0 Å². The number of nitrogens with zero attached hydrogens (tertiary/aromatic N) is 3. The number of hydrogen-bond acceptors (Lipinski definition) is 5. The van der Waals surface area contributed by atoms with E-state index in [4.69, 9.17) is 32.7 Å². The Morgan fingerprint density at radius 3 is 2.79 bits per heavy atom. The van der Waals surface area contributed by atoms with E-state index in [1.807, 2.05) is 47.0 Å². The number of thioether (sulfide) groups is 1. The predicted molar refractivity (Wildman–Crippen MR) is 112 cm³/mol. The first-order chi connectivity index (χ1) is 13.7. The molecule has 8 heteroatoms. The number of hydrogen-bond donors (Lipinski definition) is 0. The van der Waals surface area contributed by atoms with Gasteiger partial charge in [-0.2, -0.15) is 0 Å². The zero-order chi connectivity index (χ0) is 19.5. The highest BCUT2D eigenvalue weighted by molar-refractivity contribution is 7.98. The van der Waals surface area contributed by atoms with Crippen LogP contribution >= 0.6 is 35.0 Å². The fourth-order valence-corrected chi connectivity index (χ4v) is 4.39. The highest BCUT2D eigenvalue weighted by Crippen LogP contribution is 2.36. The summed E-state index contributed by atoms with van der Waals surface area (Å²) in [5.74, 6) is 2.80. The summed E-state index contributed by atoms with van der Waals surface area (Å²) >= 11 is 13.8. The monoisotopic (exact) mass is 433 g/mol. The van der Waals surface area contributed by atoms with Gasteiger partial charge in [0.15, 0.2) is 28.6 Å². The van der Waals surface area contributed by atoms with E-state index in [1.54, 1.807) is 17.8 Å². The summed E-state index contributed by atoms with van der Waals surface area (Å²) in [6, 6.07) is 13.1. The maximum absolute atomic E-state index is 6.28. The van der Waals surface area contributed by atoms with Gasteiger partial charge in [0.2, 0.25) is 0 Å². The van der Waals surface area contributed by atoms with Crippen LogP contribution in [0.4, 0.5) is 0 Å². The standard InChI is InChI=1S/C20H17Cl2N3O2S/c1-2-9-25-19(18-11-26-16-5-3-4-6-17(16)27-18)23-24-20(25)28-12-13-7-8-14(21)10-15(13)22/h2-8,10,18H,1,9,11-12H2/t18-/m0/s1. The van der Waals surface area contributed by atoms with Crippen molar-refractivity contribution in [3.05, 3.63) is 76.6 Å². The van der Waals surface area contributed by atoms with Gasteiger partial charge in [-0.3, -0.25) is 4.57 Å². The summed E-state index contributed by atoms with van der Waals surface area (Å²) in [6.45, 7) is 4.79. The van der Waals surface area contributed by atoms with Crippen molar-refractivity contribution in [2.45, 2.75) is 23.6 Å². The van der Waals surface area contributed by atoms with E-state index in [-0.39, 0.29) is 6.10 Å². The molecule has 28 heavy (non-hydrogen) atoms. The quantitative estimate of drug-likeness (QED) is 0.375. The zero-order valence-electron chi connectivity index (χ0n) is 14.8. The Bertz CT molecular complexity index is 1010. The zero-order valence-corrected chi connectivity index (χ0v) is 17.2. The largest absolute Gasteiger partial charge is 0.485 e. The lowest BCUT2D eigenvalue weighted by Gasteiger charge is -2.26. The number of allylic oxidation sites excluding steroid dienone is 1. The molecule has 0 N–H and O–H groups in total. The first-order valence-corrected chi connectivity index (χ1v) is 10.4. The van der Waals surface area contributed by atoms with Gasteiger partial charge in [0, 0.05) is 22.3 Å². The van der Waals surface area contributed by atoms with Crippen LogP contribution in [0.15, 0.2) is 60.3 Å². The molecule has 1 atom stereocenters. The third-order valence-electron chi connectivity index (χ3n) is 4.23. The van der Waals surface area contributed by atoms with Crippen molar-refractivity contribution in [2.24, 2.45) is 0 Å². The van der Waals surface area contributed by atoms with Gasteiger partial charge in [-0.25, -0.2) is 0 Å². The van der Waals surface area contributed by atoms with Crippen LogP contribution in [0, 0.1) is 0 Å². The molecule has 4 rings (SSSR count). The molecule has 0 bridgehead atoms. The minimum absolute atomic E-state index is 0.337. The number of para-hydroxylation sites is 2. The fraction of sp³-hybridized carbons (Fsp3) is 0.200. The number of rotatable bonds is 6. The van der Waals surface area contributed by atoms with Crippen LogP contribution in [-0.2, 0) is 12.3 Å². The van der Waals surface area contributed by atoms with Crippen molar-refractivity contribution >= 4 is 35.0 Å². The number of aromatic nitrogens is 3. The lowest BCUT2D eigenvalue weighted by atomic mass is 10.2. The maximum atomic E-state index is 6.28. The second kappa shape index (κ2) is 8.47. The van der Waals surface area contributed by atoms with Crippen molar-refractivity contribution in [2.75, 3.05) is 6.61 Å². The average Bonchev–Trinajstić information content (AvgIpc) is 3.10. The summed E-state index contributed by atoms with van der Waals surface area (Å²) in [6.07, 6.45) is 1.47. The molecule has 0 radical (unpaired) electrons. The van der Waals surface area contributed by atoms with Gasteiger partial charge in [0.05, 0.1) is 0 Å². The first-order valence-electron chi connectivity index (χ1n) is 8.65. The molecule has 2 heterocycles. The molecule has 1 aliphatic rings. The van der Waals surface area contributed by atoms with Crippen molar-refractivity contribution < 1.29 is 9.47 Å². The lowest BCUT2D eigenvalue weighted by molar-refractivity contribution is 0.0821. The molecule has 1 aromatic heterocycles. The highest BCUT2D eigenvalue weighted by Gasteiger charge is 2.28. The number of benzene rings is 2. The number of halogens is 2. The Labute approximate surface area is 177 Å². The van der Waals surface area contributed by atoms with Crippen LogP contribution in [0.2, 0.25) is 10.0 Å². The van der Waals surface area contributed by atoms with E-state index in [0.717, 1.165) is 16.5 Å². The maximum Gasteiger partial charge on any atom is 0.192 e. The second-order valence-corrected chi connectivity index (χ2v) is 7.91. The SMILES string of the molecule is C=CCn1c(SCc2ccc(Cl)cc2Cl)nnc1[C@@H]1COc2ccccc2O1. The van der Waals surface area contributed by atoms with E-state index in [1.165, 1.54) is 0 Å². The Kier molecular flexibility index (Phi) is 5.80. The molecule has 0 spiro atoms. The molecular weight excluding hydrogens is 417 g/mol. The van der Waals surface area contributed by atoms with Gasteiger partial charge in [-0.15, -0.1) is 16.8 Å². The van der Waals surface area contributed by atoms with Gasteiger partial charge in [0.1, 0.15) is 6.61 Å². The van der Waals surface area contributed by atoms with Crippen LogP contribution in [0.25, 0.3) is 0 Å². The summed E-state index contributed by atoms with van der Waals surface area (Å²) in [5, 5.41) is 10.7. The third-order valence-corrected chi connectivity index (χ3v) is 5.83. The molecule has 3 aromatic rings. The van der Waals surface area contributed by atoms with Gasteiger partial charge in [0.25, 0.3) is 0 Å². The topological polar surface area (TPSA) is 49.2 Å². The normalized spacial score (nSPS) is 15.4. The highest BCUT2D eigenvalue weighted by atomic mass is 35.5. The summed E-state index contributed by atoms with van der Waals surface area (Å²) < 4.78 is 13.9. The third kappa shape index (κ3) is 3.99. The van der Waals surface area contributed by atoms with E-state index >= 15 is 0 Å². The first kappa shape index (κ1) is 19.2. The fourth-order valence-electron chi connectivity index (χ4n) is 2.87. The molecule has 0 saturated heterocycles. The molecule has 0 unspecified atom stereocenters. The van der Waals surface area contributed by atoms with Gasteiger partial charge < -0.3 is 9.47 Å². The summed E-state index contributed by atoms with van der Waals surface area (Å²) in [5.41, 5.74) is 0.983. The van der Waals surface area contributed by atoms with Crippen LogP contribution in [-0.4, -0.2) is 21.4 Å². The Morgan fingerprint density at radius 1 is 1.18 bits per heavy atom. The molecule has 0 fully saturated rings. The summed E-state index contributed by atoms with van der Waals surface area (Å²) in [7, 11) is 0. The minimum atomic E-state index is -0.337. The molecular formula is C20H17Cl2N3O2S. The molecule has 5 nitrogen and oxygen atoms in total. The van der Waals surface area contributed by atoms with Gasteiger partial charge in [-0.1, -0.05) is 59.2 Å². The van der Waals surface area contributed by atoms with E-state index in [2.05, 4.69) is 16.8 Å². The van der Waals surface area contributed by atoms with Crippen LogP contribution < -0.4 is 9.47 Å². The molecule has 2 aromatic carbocycles. The van der Waals surface area contributed by atoms with Crippen molar-refractivity contribution in [1.82, 2.24) is 14.8 Å². The number of ether oxygens (including phenoxy) is 2. The van der Waals surface area contributed by atoms with Gasteiger partial charge in [-0.05, 0) is 29.8 Å². The minimum Gasteiger partial charge on any atom is -0.485 e. The Hall–Kier alpha value is -2.15. The Morgan fingerprint density at radius 2 is 2.00 bits per heavy atom. The molecule has 0 amide bonds. The van der Waals surface area contributed by atoms with Crippen LogP contribution in [0.3, 0.4) is 0 Å². The van der Waals surface area contributed by atoms with Crippen LogP contribution in [0.1, 0.15) is 17.5 Å². The van der Waals surface area contributed by atoms with Crippen molar-refractivity contribution in [1.29, 1.82) is 0 Å². The smallest absolute Gasteiger partial charge is 0.192 e. The molecule has 0 saturated carbocycles. The summed E-state index contributed by atoms with van der Waals surface area (Å²) in [4.78, 5) is 0. The molecule has 0 aliphatic carbocycles. The van der Waals surface area contributed by atoms with E-state index < -0.39 is 0 Å². The van der Waals surface area contributed by atoms with Gasteiger partial charge >= 0.3 is 0 Å². The van der Waals surface area contributed by atoms with E-state index in [9.17, 15) is 0 Å². The average molecular weight is 434 g/mol. The lowest BCUT2D eigenvalue weighted by Crippen LogP contribution is -2.25. The van der Waals surface area contributed by atoms with Crippen LogP contribution in [0.5, 0.6) is 11.5 Å². The van der Waals surface area contributed by atoms with E-state index in [0.29, 0.717) is 40.5 Å². The molecule has 144 valence electrons.